The summed E-state index contributed by atoms with van der Waals surface area (Å²) < 4.78 is 0. The number of hydrogen-bond acceptors (Lipinski definition) is 2. The molecule has 1 nitrogen and oxygen atoms in total. The number of Topliss-reactive ketones (excluding diaryl/α,β-unsaturated/α-hetero) is 1. The van der Waals surface area contributed by atoms with E-state index in [1.165, 1.54) is 103 Å². The van der Waals surface area contributed by atoms with Crippen LogP contribution in [0.15, 0.2) is 30.3 Å². The fourth-order valence-electron chi connectivity index (χ4n) is 3.99. The molecule has 1 atom stereocenters. The lowest BCUT2D eigenvalue weighted by atomic mass is 10.0. The van der Waals surface area contributed by atoms with E-state index in [9.17, 15) is 4.79 Å². The van der Waals surface area contributed by atoms with Crippen molar-refractivity contribution < 1.29 is 4.79 Å². The third-order valence-electron chi connectivity index (χ3n) is 5.94. The zero-order valence-electron chi connectivity index (χ0n) is 19.0. The van der Waals surface area contributed by atoms with E-state index < -0.39 is 0 Å². The SMILES string of the molecule is CCCCCCCCCCCCCCCCCCCC(S)C(=O)c1ccccc1. The summed E-state index contributed by atoms with van der Waals surface area (Å²) in [5, 5.41) is -0.145. The molecule has 1 aromatic rings. The first-order chi connectivity index (χ1) is 14.3. The topological polar surface area (TPSA) is 17.1 Å². The van der Waals surface area contributed by atoms with Crippen LogP contribution in [-0.2, 0) is 0 Å². The van der Waals surface area contributed by atoms with Crippen molar-refractivity contribution in [2.24, 2.45) is 0 Å². The van der Waals surface area contributed by atoms with Crippen molar-refractivity contribution in [3.05, 3.63) is 35.9 Å². The maximum absolute atomic E-state index is 12.3. The minimum Gasteiger partial charge on any atom is -0.293 e. The molecular weight excluding hydrogens is 372 g/mol. The molecule has 0 amide bonds. The first-order valence-electron chi connectivity index (χ1n) is 12.5. The van der Waals surface area contributed by atoms with Crippen LogP contribution in [-0.4, -0.2) is 11.0 Å². The number of rotatable bonds is 20. The largest absolute Gasteiger partial charge is 0.293 e. The molecule has 0 aliphatic heterocycles. The Morgan fingerprint density at radius 3 is 1.45 bits per heavy atom. The molecule has 29 heavy (non-hydrogen) atoms. The molecule has 0 aliphatic rings. The summed E-state index contributed by atoms with van der Waals surface area (Å²) >= 11 is 4.52. The average Bonchev–Trinajstić information content (AvgIpc) is 2.75. The summed E-state index contributed by atoms with van der Waals surface area (Å²) in [6.07, 6.45) is 24.4. The number of hydrogen-bond donors (Lipinski definition) is 1. The van der Waals surface area contributed by atoms with Crippen LogP contribution in [0.25, 0.3) is 0 Å². The highest BCUT2D eigenvalue weighted by molar-refractivity contribution is 7.81. The van der Waals surface area contributed by atoms with Gasteiger partial charge in [0.2, 0.25) is 0 Å². The Hall–Kier alpha value is -0.760. The van der Waals surface area contributed by atoms with Gasteiger partial charge in [-0.1, -0.05) is 146 Å². The molecule has 0 N–H and O–H groups in total. The normalized spacial score (nSPS) is 12.2. The van der Waals surface area contributed by atoms with Crippen molar-refractivity contribution in [2.45, 2.75) is 128 Å². The number of carbonyl (C=O) groups excluding carboxylic acids is 1. The molecule has 0 aliphatic carbocycles. The number of unbranched alkanes of at least 4 members (excludes halogenated alkanes) is 16. The van der Waals surface area contributed by atoms with Gasteiger partial charge in [0, 0.05) is 5.56 Å². The van der Waals surface area contributed by atoms with Gasteiger partial charge in [-0.2, -0.15) is 12.6 Å². The van der Waals surface area contributed by atoms with Crippen LogP contribution in [0, 0.1) is 0 Å². The van der Waals surface area contributed by atoms with Gasteiger partial charge in [-0.3, -0.25) is 4.79 Å². The molecule has 1 unspecified atom stereocenters. The van der Waals surface area contributed by atoms with Gasteiger partial charge in [0.15, 0.2) is 5.78 Å². The van der Waals surface area contributed by atoms with E-state index in [0.29, 0.717) is 0 Å². The second-order valence-corrected chi connectivity index (χ2v) is 9.31. The van der Waals surface area contributed by atoms with Crippen LogP contribution in [0.1, 0.15) is 133 Å². The van der Waals surface area contributed by atoms with E-state index in [1.807, 2.05) is 30.3 Å². The predicted molar refractivity (Wildman–Crippen MR) is 132 cm³/mol. The first-order valence-corrected chi connectivity index (χ1v) is 13.0. The summed E-state index contributed by atoms with van der Waals surface area (Å²) in [5.41, 5.74) is 0.791. The van der Waals surface area contributed by atoms with E-state index in [0.717, 1.165) is 18.4 Å². The van der Waals surface area contributed by atoms with E-state index in [4.69, 9.17) is 0 Å². The summed E-state index contributed by atoms with van der Waals surface area (Å²) in [6.45, 7) is 2.29. The quantitative estimate of drug-likeness (QED) is 0.127. The Morgan fingerprint density at radius 2 is 1.03 bits per heavy atom. The van der Waals surface area contributed by atoms with Gasteiger partial charge in [0.1, 0.15) is 0 Å². The van der Waals surface area contributed by atoms with Crippen molar-refractivity contribution in [2.75, 3.05) is 0 Å². The van der Waals surface area contributed by atoms with Crippen molar-refractivity contribution in [3.8, 4) is 0 Å². The second-order valence-electron chi connectivity index (χ2n) is 8.69. The highest BCUT2D eigenvalue weighted by Crippen LogP contribution is 2.17. The lowest BCUT2D eigenvalue weighted by Crippen LogP contribution is -2.14. The maximum atomic E-state index is 12.3. The Balaban J connectivity index is 1.80. The van der Waals surface area contributed by atoms with E-state index >= 15 is 0 Å². The van der Waals surface area contributed by atoms with Crippen LogP contribution in [0.2, 0.25) is 0 Å². The van der Waals surface area contributed by atoms with Gasteiger partial charge in [-0.25, -0.2) is 0 Å². The molecule has 0 bridgehead atoms. The van der Waals surface area contributed by atoms with Crippen molar-refractivity contribution in [1.82, 2.24) is 0 Å². The molecule has 0 saturated carbocycles. The minimum absolute atomic E-state index is 0.145. The van der Waals surface area contributed by atoms with Crippen LogP contribution in [0.4, 0.5) is 0 Å². The third-order valence-corrected chi connectivity index (χ3v) is 6.43. The summed E-state index contributed by atoms with van der Waals surface area (Å²) in [7, 11) is 0. The van der Waals surface area contributed by atoms with Crippen LogP contribution >= 0.6 is 12.6 Å². The summed E-state index contributed by atoms with van der Waals surface area (Å²) in [6, 6.07) is 9.56. The van der Waals surface area contributed by atoms with E-state index in [-0.39, 0.29) is 11.0 Å². The monoisotopic (exact) mass is 418 g/mol. The predicted octanol–water partition coefficient (Wildman–Crippen LogP) is 9.21. The second kappa shape index (κ2) is 19.2. The molecule has 2 heteroatoms. The van der Waals surface area contributed by atoms with E-state index in [2.05, 4.69) is 19.6 Å². The zero-order valence-corrected chi connectivity index (χ0v) is 19.9. The van der Waals surface area contributed by atoms with Gasteiger partial charge < -0.3 is 0 Å². The molecule has 166 valence electrons. The molecule has 0 saturated heterocycles. The Morgan fingerprint density at radius 1 is 0.655 bits per heavy atom. The fourth-order valence-corrected chi connectivity index (χ4v) is 4.32. The van der Waals surface area contributed by atoms with Crippen molar-refractivity contribution in [3.63, 3.8) is 0 Å². The number of benzene rings is 1. The molecule has 0 heterocycles. The molecular formula is C27H46OS. The smallest absolute Gasteiger partial charge is 0.175 e. The standard InChI is InChI=1S/C27H46OS/c1-2-3-4-5-6-7-8-9-10-11-12-13-14-15-16-17-21-24-26(29)27(28)25-22-19-18-20-23-25/h18-20,22-23,26,29H,2-17,21,24H2,1H3. The van der Waals surface area contributed by atoms with Crippen LogP contribution < -0.4 is 0 Å². The third kappa shape index (κ3) is 14.8. The molecule has 0 spiro atoms. The Labute approximate surface area is 186 Å². The van der Waals surface area contributed by atoms with Crippen molar-refractivity contribution >= 4 is 18.4 Å². The Bertz CT molecular complexity index is 485. The van der Waals surface area contributed by atoms with Crippen molar-refractivity contribution in [1.29, 1.82) is 0 Å². The summed E-state index contributed by atoms with van der Waals surface area (Å²) in [5.74, 6) is 0.172. The maximum Gasteiger partial charge on any atom is 0.175 e. The lowest BCUT2D eigenvalue weighted by molar-refractivity contribution is 0.0986. The van der Waals surface area contributed by atoms with Crippen LogP contribution in [0.3, 0.4) is 0 Å². The lowest BCUT2D eigenvalue weighted by Gasteiger charge is -2.09. The molecule has 0 radical (unpaired) electrons. The van der Waals surface area contributed by atoms with E-state index in [1.54, 1.807) is 0 Å². The van der Waals surface area contributed by atoms with Gasteiger partial charge >= 0.3 is 0 Å². The first kappa shape index (κ1) is 26.3. The van der Waals surface area contributed by atoms with Gasteiger partial charge in [0.05, 0.1) is 5.25 Å². The van der Waals surface area contributed by atoms with Crippen LogP contribution in [0.5, 0.6) is 0 Å². The zero-order chi connectivity index (χ0) is 21.0. The Kier molecular flexibility index (Phi) is 17.4. The number of carbonyl (C=O) groups is 1. The fraction of sp³-hybridized carbons (Fsp3) is 0.741. The minimum atomic E-state index is -0.145. The molecule has 0 aromatic heterocycles. The van der Waals surface area contributed by atoms with Gasteiger partial charge in [-0.15, -0.1) is 0 Å². The van der Waals surface area contributed by atoms with Gasteiger partial charge in [0.25, 0.3) is 0 Å². The highest BCUT2D eigenvalue weighted by atomic mass is 32.1. The molecule has 0 fully saturated rings. The molecule has 1 aromatic carbocycles. The molecule has 1 rings (SSSR count). The summed E-state index contributed by atoms with van der Waals surface area (Å²) in [4.78, 5) is 12.3. The van der Waals surface area contributed by atoms with Gasteiger partial charge in [-0.05, 0) is 6.42 Å². The number of thiol groups is 1. The average molecular weight is 419 g/mol. The highest BCUT2D eigenvalue weighted by Gasteiger charge is 2.14. The number of ketones is 1.